The van der Waals surface area contributed by atoms with Crippen LogP contribution in [0.25, 0.3) is 0 Å². The third kappa shape index (κ3) is 6.12. The number of nitrogens with two attached hydrogens (primary N) is 1. The first-order chi connectivity index (χ1) is 10.1. The molecule has 0 unspecified atom stereocenters. The number of ether oxygens (including phenoxy) is 1. The van der Waals surface area contributed by atoms with Gasteiger partial charge in [-0.3, -0.25) is 4.79 Å². The zero-order valence-corrected chi connectivity index (χ0v) is 13.7. The van der Waals surface area contributed by atoms with E-state index < -0.39 is 6.04 Å². The van der Waals surface area contributed by atoms with Gasteiger partial charge in [-0.05, 0) is 31.0 Å². The van der Waals surface area contributed by atoms with Crippen LogP contribution >= 0.6 is 23.2 Å². The number of esters is 1. The molecule has 2 N–H and O–H groups in total. The van der Waals surface area contributed by atoms with Crippen LogP contribution in [0.2, 0.25) is 0 Å². The first-order valence-corrected chi connectivity index (χ1v) is 8.07. The van der Waals surface area contributed by atoms with Crippen LogP contribution in [0, 0.1) is 0 Å². The first-order valence-electron chi connectivity index (χ1n) is 7.00. The van der Waals surface area contributed by atoms with E-state index in [4.69, 9.17) is 33.7 Å². The highest BCUT2D eigenvalue weighted by Gasteiger charge is 2.15. The molecule has 0 saturated carbocycles. The maximum Gasteiger partial charge on any atom is 0.323 e. The molecular weight excluding hydrogens is 311 g/mol. The molecule has 1 atom stereocenters. The topological polar surface area (TPSA) is 55.6 Å². The standard InChI is InChI=1S/C15H22Cl2N2O2/c1-2-21-15(20)14(18)11-12-4-3-5-13(10-12)19(8-6-16)9-7-17/h3-5,10,14H,2,6-9,11,18H2,1H3/t14-/m0/s1. The van der Waals surface area contributed by atoms with Gasteiger partial charge in [0, 0.05) is 30.5 Å². The first kappa shape index (κ1) is 18.1. The van der Waals surface area contributed by atoms with Gasteiger partial charge in [-0.1, -0.05) is 12.1 Å². The molecule has 0 heterocycles. The van der Waals surface area contributed by atoms with Gasteiger partial charge in [-0.15, -0.1) is 23.2 Å². The molecule has 0 saturated heterocycles. The summed E-state index contributed by atoms with van der Waals surface area (Å²) in [5.74, 6) is 0.689. The van der Waals surface area contributed by atoms with E-state index in [1.165, 1.54) is 0 Å². The number of hydrogen-bond donors (Lipinski definition) is 1. The van der Waals surface area contributed by atoms with Gasteiger partial charge in [0.2, 0.25) is 0 Å². The largest absolute Gasteiger partial charge is 0.465 e. The van der Waals surface area contributed by atoms with Crippen molar-refractivity contribution >= 4 is 34.9 Å². The lowest BCUT2D eigenvalue weighted by Gasteiger charge is -2.23. The molecule has 21 heavy (non-hydrogen) atoms. The SMILES string of the molecule is CCOC(=O)[C@@H](N)Cc1cccc(N(CCCl)CCCl)c1. The Labute approximate surface area is 136 Å². The van der Waals surface area contributed by atoms with Gasteiger partial charge in [0.25, 0.3) is 0 Å². The summed E-state index contributed by atoms with van der Waals surface area (Å²) in [5.41, 5.74) is 7.87. The fraction of sp³-hybridized carbons (Fsp3) is 0.533. The van der Waals surface area contributed by atoms with Crippen molar-refractivity contribution in [3.05, 3.63) is 29.8 Å². The molecule has 0 amide bonds. The van der Waals surface area contributed by atoms with Crippen LogP contribution < -0.4 is 10.6 Å². The summed E-state index contributed by atoms with van der Waals surface area (Å²) < 4.78 is 4.92. The van der Waals surface area contributed by atoms with E-state index in [-0.39, 0.29) is 5.97 Å². The molecule has 0 aliphatic heterocycles. The normalized spacial score (nSPS) is 12.0. The van der Waals surface area contributed by atoms with Gasteiger partial charge in [-0.2, -0.15) is 0 Å². The number of nitrogens with zero attached hydrogens (tertiary/aromatic N) is 1. The number of carbonyl (C=O) groups is 1. The lowest BCUT2D eigenvalue weighted by molar-refractivity contribution is -0.144. The Morgan fingerprint density at radius 1 is 1.33 bits per heavy atom. The molecule has 1 aromatic rings. The van der Waals surface area contributed by atoms with Crippen LogP contribution in [0.4, 0.5) is 5.69 Å². The molecule has 1 rings (SSSR count). The Bertz CT molecular complexity index is 437. The van der Waals surface area contributed by atoms with Gasteiger partial charge in [0.1, 0.15) is 6.04 Å². The Morgan fingerprint density at radius 2 is 2.00 bits per heavy atom. The number of alkyl halides is 2. The molecule has 0 bridgehead atoms. The second kappa shape index (κ2) is 9.87. The Balaban J connectivity index is 2.77. The van der Waals surface area contributed by atoms with E-state index in [1.807, 2.05) is 24.3 Å². The van der Waals surface area contributed by atoms with E-state index in [0.717, 1.165) is 24.3 Å². The lowest BCUT2D eigenvalue weighted by atomic mass is 10.1. The van der Waals surface area contributed by atoms with E-state index >= 15 is 0 Å². The van der Waals surface area contributed by atoms with Crippen LogP contribution in [-0.2, 0) is 16.0 Å². The van der Waals surface area contributed by atoms with E-state index in [0.29, 0.717) is 24.8 Å². The molecule has 0 aliphatic carbocycles. The molecule has 0 fully saturated rings. The monoisotopic (exact) mass is 332 g/mol. The van der Waals surface area contributed by atoms with Crippen LogP contribution in [0.5, 0.6) is 0 Å². The van der Waals surface area contributed by atoms with E-state index in [1.54, 1.807) is 6.92 Å². The molecule has 1 aromatic carbocycles. The predicted molar refractivity (Wildman–Crippen MR) is 88.4 cm³/mol. The highest BCUT2D eigenvalue weighted by Crippen LogP contribution is 2.17. The minimum atomic E-state index is -0.644. The van der Waals surface area contributed by atoms with Crippen LogP contribution in [-0.4, -0.2) is 43.5 Å². The maximum absolute atomic E-state index is 11.6. The molecule has 0 aromatic heterocycles. The van der Waals surface area contributed by atoms with Gasteiger partial charge in [-0.25, -0.2) is 0 Å². The average Bonchev–Trinajstić information content (AvgIpc) is 2.47. The zero-order valence-electron chi connectivity index (χ0n) is 12.2. The molecule has 118 valence electrons. The van der Waals surface area contributed by atoms with Crippen molar-refractivity contribution in [2.24, 2.45) is 5.73 Å². The van der Waals surface area contributed by atoms with Crippen molar-refractivity contribution < 1.29 is 9.53 Å². The summed E-state index contributed by atoms with van der Waals surface area (Å²) in [5, 5.41) is 0. The number of carbonyl (C=O) groups excluding carboxylic acids is 1. The number of benzene rings is 1. The van der Waals surface area contributed by atoms with Gasteiger partial charge >= 0.3 is 5.97 Å². The van der Waals surface area contributed by atoms with Crippen molar-refractivity contribution in [2.45, 2.75) is 19.4 Å². The smallest absolute Gasteiger partial charge is 0.323 e. The summed E-state index contributed by atoms with van der Waals surface area (Å²) in [7, 11) is 0. The van der Waals surface area contributed by atoms with Crippen molar-refractivity contribution in [1.29, 1.82) is 0 Å². The molecule has 4 nitrogen and oxygen atoms in total. The average molecular weight is 333 g/mol. The molecular formula is C15H22Cl2N2O2. The Kier molecular flexibility index (Phi) is 8.50. The molecule has 0 aliphatic rings. The second-order valence-corrected chi connectivity index (χ2v) is 5.35. The van der Waals surface area contributed by atoms with E-state index in [2.05, 4.69) is 4.90 Å². The predicted octanol–water partition coefficient (Wildman–Crippen LogP) is 2.40. The highest BCUT2D eigenvalue weighted by molar-refractivity contribution is 6.18. The summed E-state index contributed by atoms with van der Waals surface area (Å²) in [6.07, 6.45) is 0.447. The number of rotatable bonds is 9. The molecule has 6 heteroatoms. The third-order valence-electron chi connectivity index (χ3n) is 3.03. The Morgan fingerprint density at radius 3 is 2.57 bits per heavy atom. The highest BCUT2D eigenvalue weighted by atomic mass is 35.5. The minimum Gasteiger partial charge on any atom is -0.465 e. The van der Waals surface area contributed by atoms with Crippen molar-refractivity contribution in [2.75, 3.05) is 36.4 Å². The number of halogens is 2. The second-order valence-electron chi connectivity index (χ2n) is 4.60. The molecule has 0 spiro atoms. The minimum absolute atomic E-state index is 0.339. The lowest BCUT2D eigenvalue weighted by Crippen LogP contribution is -2.34. The van der Waals surface area contributed by atoms with Crippen molar-refractivity contribution in [1.82, 2.24) is 0 Å². The zero-order chi connectivity index (χ0) is 15.7. The van der Waals surface area contributed by atoms with Crippen molar-refractivity contribution in [3.63, 3.8) is 0 Å². The fourth-order valence-corrected chi connectivity index (χ4v) is 2.45. The van der Waals surface area contributed by atoms with Crippen LogP contribution in [0.3, 0.4) is 0 Å². The van der Waals surface area contributed by atoms with Crippen molar-refractivity contribution in [3.8, 4) is 0 Å². The Hall–Kier alpha value is -0.970. The number of anilines is 1. The summed E-state index contributed by atoms with van der Waals surface area (Å²) in [6.45, 7) is 3.55. The number of hydrogen-bond acceptors (Lipinski definition) is 4. The summed E-state index contributed by atoms with van der Waals surface area (Å²) in [6, 6.07) is 7.26. The van der Waals surface area contributed by atoms with E-state index in [9.17, 15) is 4.79 Å². The quantitative estimate of drug-likeness (QED) is 0.557. The summed E-state index contributed by atoms with van der Waals surface area (Å²) in [4.78, 5) is 13.7. The van der Waals surface area contributed by atoms with Gasteiger partial charge < -0.3 is 15.4 Å². The van der Waals surface area contributed by atoms with Crippen LogP contribution in [0.1, 0.15) is 12.5 Å². The van der Waals surface area contributed by atoms with Gasteiger partial charge in [0.05, 0.1) is 6.61 Å². The fourth-order valence-electron chi connectivity index (χ4n) is 2.04. The summed E-state index contributed by atoms with van der Waals surface area (Å²) >= 11 is 11.6. The maximum atomic E-state index is 11.6. The third-order valence-corrected chi connectivity index (χ3v) is 3.37. The molecule has 0 radical (unpaired) electrons. The van der Waals surface area contributed by atoms with Crippen LogP contribution in [0.15, 0.2) is 24.3 Å². The van der Waals surface area contributed by atoms with Gasteiger partial charge in [0.15, 0.2) is 0 Å².